The second-order valence-corrected chi connectivity index (χ2v) is 7.91. The Hall–Kier alpha value is -2.85. The van der Waals surface area contributed by atoms with Crippen molar-refractivity contribution in [1.29, 1.82) is 5.26 Å². The van der Waals surface area contributed by atoms with Crippen LogP contribution in [0.4, 0.5) is 5.69 Å². The molecule has 7 heteroatoms. The molecule has 2 aliphatic rings. The van der Waals surface area contributed by atoms with E-state index in [-0.39, 0.29) is 18.2 Å². The lowest BCUT2D eigenvalue weighted by molar-refractivity contribution is -0.121. The standard InChI is InChI=1S/C21H19N3O3S/c1-2-27-16-8-6-15(7-9-16)24-19(25)11-18(21(24)26)28-20-14(12-22)10-13-4-3-5-17(13)23-20/h6-10,18H,2-5,11H2,1H3/t18-/m0/s1. The maximum absolute atomic E-state index is 12.9. The van der Waals surface area contributed by atoms with Crippen molar-refractivity contribution in [3.63, 3.8) is 0 Å². The van der Waals surface area contributed by atoms with Gasteiger partial charge in [0.05, 0.1) is 23.1 Å². The molecule has 0 saturated carbocycles. The number of ether oxygens (including phenoxy) is 1. The highest BCUT2D eigenvalue weighted by Gasteiger charge is 2.41. The third kappa shape index (κ3) is 3.36. The van der Waals surface area contributed by atoms with Crippen LogP contribution < -0.4 is 9.64 Å². The summed E-state index contributed by atoms with van der Waals surface area (Å²) >= 11 is 1.22. The number of thioether (sulfide) groups is 1. The summed E-state index contributed by atoms with van der Waals surface area (Å²) in [5.74, 6) is 0.175. The number of carbonyl (C=O) groups is 2. The van der Waals surface area contributed by atoms with Crippen molar-refractivity contribution in [2.24, 2.45) is 0 Å². The Bertz CT molecular complexity index is 982. The molecule has 2 heterocycles. The molecular formula is C21H19N3O3S. The molecule has 1 atom stereocenters. The number of rotatable bonds is 5. The van der Waals surface area contributed by atoms with Crippen LogP contribution in [0.3, 0.4) is 0 Å². The molecular weight excluding hydrogens is 374 g/mol. The van der Waals surface area contributed by atoms with Crippen LogP contribution in [0.2, 0.25) is 0 Å². The van der Waals surface area contributed by atoms with E-state index in [1.54, 1.807) is 24.3 Å². The van der Waals surface area contributed by atoms with Crippen molar-refractivity contribution in [2.75, 3.05) is 11.5 Å². The zero-order valence-electron chi connectivity index (χ0n) is 15.5. The molecule has 0 N–H and O–H groups in total. The van der Waals surface area contributed by atoms with Crippen LogP contribution in [0.15, 0.2) is 35.4 Å². The second-order valence-electron chi connectivity index (χ2n) is 6.72. The Morgan fingerprint density at radius 2 is 2.07 bits per heavy atom. The van der Waals surface area contributed by atoms with Crippen molar-refractivity contribution in [3.05, 3.63) is 47.2 Å². The zero-order chi connectivity index (χ0) is 19.7. The maximum Gasteiger partial charge on any atom is 0.247 e. The number of anilines is 1. The topological polar surface area (TPSA) is 83.3 Å². The predicted molar refractivity (Wildman–Crippen MR) is 105 cm³/mol. The summed E-state index contributed by atoms with van der Waals surface area (Å²) in [6.45, 7) is 2.44. The van der Waals surface area contributed by atoms with E-state index in [2.05, 4.69) is 11.1 Å². The van der Waals surface area contributed by atoms with Gasteiger partial charge in [-0.2, -0.15) is 5.26 Å². The average molecular weight is 393 g/mol. The summed E-state index contributed by atoms with van der Waals surface area (Å²) in [5.41, 5.74) is 3.13. The summed E-state index contributed by atoms with van der Waals surface area (Å²) in [7, 11) is 0. The van der Waals surface area contributed by atoms with Crippen LogP contribution in [0, 0.1) is 11.3 Å². The number of aryl methyl sites for hydroxylation is 2. The maximum atomic E-state index is 12.9. The quantitative estimate of drug-likeness (QED) is 0.725. The van der Waals surface area contributed by atoms with Gasteiger partial charge in [0.15, 0.2) is 0 Å². The Balaban J connectivity index is 1.56. The monoisotopic (exact) mass is 393 g/mol. The molecule has 28 heavy (non-hydrogen) atoms. The van der Waals surface area contributed by atoms with E-state index in [1.807, 2.05) is 13.0 Å². The third-order valence-electron chi connectivity index (χ3n) is 4.90. The van der Waals surface area contributed by atoms with Crippen molar-refractivity contribution >= 4 is 29.3 Å². The van der Waals surface area contributed by atoms with E-state index < -0.39 is 5.25 Å². The van der Waals surface area contributed by atoms with Gasteiger partial charge in [0.1, 0.15) is 16.8 Å². The summed E-state index contributed by atoms with van der Waals surface area (Å²) < 4.78 is 5.41. The summed E-state index contributed by atoms with van der Waals surface area (Å²) in [4.78, 5) is 31.3. The average Bonchev–Trinajstić information content (AvgIpc) is 3.26. The molecule has 142 valence electrons. The molecule has 6 nitrogen and oxygen atoms in total. The highest BCUT2D eigenvalue weighted by Crippen LogP contribution is 2.36. The third-order valence-corrected chi connectivity index (χ3v) is 6.09. The number of aromatic nitrogens is 1. The molecule has 1 fully saturated rings. The number of amides is 2. The SMILES string of the molecule is CCOc1ccc(N2C(=O)C[C@H](Sc3nc4c(cc3C#N)CCC4)C2=O)cc1. The zero-order valence-corrected chi connectivity index (χ0v) is 16.3. The lowest BCUT2D eigenvalue weighted by Crippen LogP contribution is -2.31. The van der Waals surface area contributed by atoms with Crippen LogP contribution in [0.25, 0.3) is 0 Å². The molecule has 1 aromatic heterocycles. The summed E-state index contributed by atoms with van der Waals surface area (Å²) in [6, 6.07) is 11.0. The molecule has 1 aliphatic heterocycles. The Kier molecular flexibility index (Phi) is 5.05. The Morgan fingerprint density at radius 1 is 1.29 bits per heavy atom. The highest BCUT2D eigenvalue weighted by atomic mass is 32.2. The van der Waals surface area contributed by atoms with Gasteiger partial charge in [-0.05, 0) is 62.1 Å². The molecule has 2 amide bonds. The van der Waals surface area contributed by atoms with Crippen LogP contribution in [0.1, 0.15) is 36.6 Å². The smallest absolute Gasteiger partial charge is 0.247 e. The molecule has 1 aliphatic carbocycles. The molecule has 0 radical (unpaired) electrons. The number of nitrogens with zero attached hydrogens (tertiary/aromatic N) is 3. The first-order valence-electron chi connectivity index (χ1n) is 9.30. The number of carbonyl (C=O) groups excluding carboxylic acids is 2. The fourth-order valence-corrected chi connectivity index (χ4v) is 4.68. The van der Waals surface area contributed by atoms with Gasteiger partial charge in [-0.15, -0.1) is 0 Å². The van der Waals surface area contributed by atoms with Crippen molar-refractivity contribution < 1.29 is 14.3 Å². The van der Waals surface area contributed by atoms with Gasteiger partial charge in [-0.3, -0.25) is 9.59 Å². The number of imide groups is 1. The number of hydrogen-bond donors (Lipinski definition) is 0. The number of pyridine rings is 1. The van der Waals surface area contributed by atoms with Crippen molar-refractivity contribution in [3.8, 4) is 11.8 Å². The van der Waals surface area contributed by atoms with Gasteiger partial charge in [0.25, 0.3) is 0 Å². The number of hydrogen-bond acceptors (Lipinski definition) is 6. The normalized spacial score (nSPS) is 18.3. The van der Waals surface area contributed by atoms with E-state index in [9.17, 15) is 14.9 Å². The first-order valence-corrected chi connectivity index (χ1v) is 10.2. The first-order chi connectivity index (χ1) is 13.6. The second kappa shape index (κ2) is 7.64. The summed E-state index contributed by atoms with van der Waals surface area (Å²) in [5, 5.41) is 9.44. The van der Waals surface area contributed by atoms with Gasteiger partial charge >= 0.3 is 0 Å². The minimum Gasteiger partial charge on any atom is -0.494 e. The van der Waals surface area contributed by atoms with Crippen molar-refractivity contribution in [1.82, 2.24) is 4.98 Å². The lowest BCUT2D eigenvalue weighted by Gasteiger charge is -2.15. The van der Waals surface area contributed by atoms with Crippen LogP contribution in [0.5, 0.6) is 5.75 Å². The van der Waals surface area contributed by atoms with Crippen LogP contribution in [-0.2, 0) is 22.4 Å². The van der Waals surface area contributed by atoms with E-state index in [1.165, 1.54) is 16.7 Å². The van der Waals surface area contributed by atoms with E-state index in [0.717, 1.165) is 30.5 Å². The predicted octanol–water partition coefficient (Wildman–Crippen LogP) is 3.26. The number of benzene rings is 1. The molecule has 4 rings (SSSR count). The lowest BCUT2D eigenvalue weighted by atomic mass is 10.2. The van der Waals surface area contributed by atoms with E-state index >= 15 is 0 Å². The van der Waals surface area contributed by atoms with Crippen LogP contribution >= 0.6 is 11.8 Å². The highest BCUT2D eigenvalue weighted by molar-refractivity contribution is 8.00. The fraction of sp³-hybridized carbons (Fsp3) is 0.333. The van der Waals surface area contributed by atoms with Gasteiger partial charge in [-0.1, -0.05) is 11.8 Å². The van der Waals surface area contributed by atoms with Gasteiger partial charge in [-0.25, -0.2) is 9.88 Å². The minimum absolute atomic E-state index is 0.0976. The van der Waals surface area contributed by atoms with Gasteiger partial charge < -0.3 is 4.74 Å². The molecule has 0 unspecified atom stereocenters. The number of nitriles is 1. The molecule has 0 spiro atoms. The van der Waals surface area contributed by atoms with E-state index in [0.29, 0.717) is 28.6 Å². The molecule has 2 aromatic rings. The Morgan fingerprint density at radius 3 is 2.79 bits per heavy atom. The molecule has 0 bridgehead atoms. The summed E-state index contributed by atoms with van der Waals surface area (Å²) in [6.07, 6.45) is 2.97. The van der Waals surface area contributed by atoms with E-state index in [4.69, 9.17) is 4.74 Å². The molecule has 1 saturated heterocycles. The van der Waals surface area contributed by atoms with Crippen LogP contribution in [-0.4, -0.2) is 28.7 Å². The largest absolute Gasteiger partial charge is 0.494 e. The Labute approximate surface area is 167 Å². The van der Waals surface area contributed by atoms with Crippen molar-refractivity contribution in [2.45, 2.75) is 42.9 Å². The fourth-order valence-electron chi connectivity index (χ4n) is 3.58. The number of fused-ring (bicyclic) bond motifs is 1. The van der Waals surface area contributed by atoms with Gasteiger partial charge in [0.2, 0.25) is 11.8 Å². The van der Waals surface area contributed by atoms with Gasteiger partial charge in [0, 0.05) is 12.1 Å². The minimum atomic E-state index is -0.571. The first kappa shape index (κ1) is 18.5. The molecule has 1 aromatic carbocycles.